The molecule has 0 N–H and O–H groups in total. The van der Waals surface area contributed by atoms with Crippen LogP contribution < -0.4 is 0 Å². The third-order valence-corrected chi connectivity index (χ3v) is 3.70. The number of aromatic nitrogens is 3. The molecule has 1 atom stereocenters. The number of rotatable bonds is 4. The van der Waals surface area contributed by atoms with Crippen molar-refractivity contribution in [2.75, 3.05) is 20.3 Å². The Morgan fingerprint density at radius 2 is 2.10 bits per heavy atom. The number of hydrogen-bond acceptors (Lipinski definition) is 4. The first kappa shape index (κ1) is 13.3. The van der Waals surface area contributed by atoms with Gasteiger partial charge in [-0.1, -0.05) is 0 Å². The SMILES string of the molecule is COC[C@H]1CN(Cc2ccncc2)Cc2nccn2C1. The molecule has 0 bridgehead atoms. The molecule has 0 aliphatic carbocycles. The molecule has 2 aromatic rings. The van der Waals surface area contributed by atoms with Crippen molar-refractivity contribution in [2.24, 2.45) is 5.92 Å². The quantitative estimate of drug-likeness (QED) is 0.847. The second-order valence-corrected chi connectivity index (χ2v) is 5.34. The molecule has 2 aromatic heterocycles. The second kappa shape index (κ2) is 6.15. The third kappa shape index (κ3) is 3.05. The van der Waals surface area contributed by atoms with Crippen molar-refractivity contribution in [3.63, 3.8) is 0 Å². The average Bonchev–Trinajstić information content (AvgIpc) is 2.81. The first-order valence-electron chi connectivity index (χ1n) is 6.95. The van der Waals surface area contributed by atoms with Crippen molar-refractivity contribution in [3.8, 4) is 0 Å². The Labute approximate surface area is 119 Å². The van der Waals surface area contributed by atoms with E-state index in [0.29, 0.717) is 5.92 Å². The number of imidazole rings is 1. The highest BCUT2D eigenvalue weighted by Gasteiger charge is 2.22. The van der Waals surface area contributed by atoms with Crippen LogP contribution in [0.3, 0.4) is 0 Å². The van der Waals surface area contributed by atoms with Gasteiger partial charge < -0.3 is 9.30 Å². The highest BCUT2D eigenvalue weighted by molar-refractivity contribution is 5.10. The lowest BCUT2D eigenvalue weighted by atomic mass is 10.1. The molecule has 5 nitrogen and oxygen atoms in total. The lowest BCUT2D eigenvalue weighted by Crippen LogP contribution is -2.29. The summed E-state index contributed by atoms with van der Waals surface area (Å²) in [6.07, 6.45) is 7.64. The zero-order chi connectivity index (χ0) is 13.8. The molecule has 3 rings (SSSR count). The highest BCUT2D eigenvalue weighted by Crippen LogP contribution is 2.17. The lowest BCUT2D eigenvalue weighted by molar-refractivity contribution is 0.115. The van der Waals surface area contributed by atoms with E-state index in [1.807, 2.05) is 18.6 Å². The van der Waals surface area contributed by atoms with Crippen molar-refractivity contribution in [1.82, 2.24) is 19.4 Å². The van der Waals surface area contributed by atoms with E-state index < -0.39 is 0 Å². The monoisotopic (exact) mass is 272 g/mol. The second-order valence-electron chi connectivity index (χ2n) is 5.34. The Morgan fingerprint density at radius 3 is 2.90 bits per heavy atom. The van der Waals surface area contributed by atoms with Gasteiger partial charge in [0.25, 0.3) is 0 Å². The fourth-order valence-electron chi connectivity index (χ4n) is 2.83. The van der Waals surface area contributed by atoms with Gasteiger partial charge in [-0.05, 0) is 17.7 Å². The van der Waals surface area contributed by atoms with E-state index in [9.17, 15) is 0 Å². The molecule has 1 aliphatic rings. The van der Waals surface area contributed by atoms with Crippen LogP contribution in [0.1, 0.15) is 11.4 Å². The van der Waals surface area contributed by atoms with Crippen LogP contribution in [0.5, 0.6) is 0 Å². The van der Waals surface area contributed by atoms with E-state index in [-0.39, 0.29) is 0 Å². The van der Waals surface area contributed by atoms with Crippen LogP contribution in [0, 0.1) is 5.92 Å². The summed E-state index contributed by atoms with van der Waals surface area (Å²) in [7, 11) is 1.77. The summed E-state index contributed by atoms with van der Waals surface area (Å²) < 4.78 is 7.60. The minimum atomic E-state index is 0.497. The fourth-order valence-corrected chi connectivity index (χ4v) is 2.83. The van der Waals surface area contributed by atoms with Gasteiger partial charge in [0, 0.05) is 57.4 Å². The summed E-state index contributed by atoms with van der Waals surface area (Å²) in [5.41, 5.74) is 1.29. The third-order valence-electron chi connectivity index (χ3n) is 3.70. The van der Waals surface area contributed by atoms with Gasteiger partial charge in [-0.15, -0.1) is 0 Å². The van der Waals surface area contributed by atoms with Gasteiger partial charge in [0.05, 0.1) is 13.2 Å². The van der Waals surface area contributed by atoms with E-state index in [1.165, 1.54) is 5.56 Å². The maximum absolute atomic E-state index is 5.36. The van der Waals surface area contributed by atoms with Crippen LogP contribution >= 0.6 is 0 Å². The van der Waals surface area contributed by atoms with Crippen LogP contribution in [0.25, 0.3) is 0 Å². The molecule has 106 valence electrons. The van der Waals surface area contributed by atoms with Gasteiger partial charge in [-0.2, -0.15) is 0 Å². The molecule has 0 aromatic carbocycles. The summed E-state index contributed by atoms with van der Waals surface area (Å²) in [6, 6.07) is 4.14. The molecule has 0 fully saturated rings. The number of fused-ring (bicyclic) bond motifs is 1. The Hall–Kier alpha value is -1.72. The van der Waals surface area contributed by atoms with Crippen molar-refractivity contribution in [2.45, 2.75) is 19.6 Å². The number of pyridine rings is 1. The van der Waals surface area contributed by atoms with Crippen molar-refractivity contribution >= 4 is 0 Å². The van der Waals surface area contributed by atoms with Gasteiger partial charge in [-0.3, -0.25) is 9.88 Å². The van der Waals surface area contributed by atoms with Crippen LogP contribution in [-0.4, -0.2) is 39.7 Å². The fraction of sp³-hybridized carbons (Fsp3) is 0.467. The molecule has 20 heavy (non-hydrogen) atoms. The molecule has 0 saturated carbocycles. The highest BCUT2D eigenvalue weighted by atomic mass is 16.5. The Kier molecular flexibility index (Phi) is 4.08. The minimum absolute atomic E-state index is 0.497. The maximum atomic E-state index is 5.36. The standard InChI is InChI=1S/C15H20N4O/c1-20-12-14-9-18(8-13-2-4-16-5-3-13)11-15-17-6-7-19(15)10-14/h2-7,14H,8-12H2,1H3/t14-/m0/s1. The maximum Gasteiger partial charge on any atom is 0.122 e. The van der Waals surface area contributed by atoms with Crippen molar-refractivity contribution in [3.05, 3.63) is 48.3 Å². The normalized spacial score (nSPS) is 19.6. The lowest BCUT2D eigenvalue weighted by Gasteiger charge is -2.23. The number of methoxy groups -OCH3 is 1. The molecule has 3 heterocycles. The molecule has 5 heteroatoms. The Morgan fingerprint density at radius 1 is 1.25 bits per heavy atom. The summed E-state index contributed by atoms with van der Waals surface area (Å²) >= 11 is 0. The van der Waals surface area contributed by atoms with E-state index in [2.05, 4.69) is 37.8 Å². The molecular weight excluding hydrogens is 252 g/mol. The molecule has 0 radical (unpaired) electrons. The van der Waals surface area contributed by atoms with Gasteiger partial charge in [-0.25, -0.2) is 4.98 Å². The first-order valence-corrected chi connectivity index (χ1v) is 6.95. The summed E-state index contributed by atoms with van der Waals surface area (Å²) in [5.74, 6) is 1.63. The summed E-state index contributed by atoms with van der Waals surface area (Å²) in [5, 5.41) is 0. The van der Waals surface area contributed by atoms with Crippen LogP contribution in [0.4, 0.5) is 0 Å². The van der Waals surface area contributed by atoms with Crippen molar-refractivity contribution < 1.29 is 4.74 Å². The number of ether oxygens (including phenoxy) is 1. The largest absolute Gasteiger partial charge is 0.384 e. The van der Waals surface area contributed by atoms with Crippen LogP contribution in [-0.2, 0) is 24.4 Å². The van der Waals surface area contributed by atoms with Gasteiger partial charge in [0.15, 0.2) is 0 Å². The van der Waals surface area contributed by atoms with Crippen LogP contribution in [0.2, 0.25) is 0 Å². The summed E-state index contributed by atoms with van der Waals surface area (Å²) in [6.45, 7) is 4.60. The predicted molar refractivity (Wildman–Crippen MR) is 75.9 cm³/mol. The van der Waals surface area contributed by atoms with E-state index >= 15 is 0 Å². The zero-order valence-corrected chi connectivity index (χ0v) is 11.8. The van der Waals surface area contributed by atoms with E-state index in [0.717, 1.165) is 38.6 Å². The zero-order valence-electron chi connectivity index (χ0n) is 11.8. The molecule has 0 amide bonds. The average molecular weight is 272 g/mol. The predicted octanol–water partition coefficient (Wildman–Crippen LogP) is 1.56. The van der Waals surface area contributed by atoms with E-state index in [4.69, 9.17) is 4.74 Å². The summed E-state index contributed by atoms with van der Waals surface area (Å²) in [4.78, 5) is 11.0. The van der Waals surface area contributed by atoms with Gasteiger partial charge in [0.2, 0.25) is 0 Å². The van der Waals surface area contributed by atoms with Gasteiger partial charge in [0.1, 0.15) is 5.82 Å². The number of hydrogen-bond donors (Lipinski definition) is 0. The van der Waals surface area contributed by atoms with Crippen molar-refractivity contribution in [1.29, 1.82) is 0 Å². The minimum Gasteiger partial charge on any atom is -0.384 e. The molecule has 1 aliphatic heterocycles. The van der Waals surface area contributed by atoms with Gasteiger partial charge >= 0.3 is 0 Å². The smallest absolute Gasteiger partial charge is 0.122 e. The van der Waals surface area contributed by atoms with Crippen LogP contribution in [0.15, 0.2) is 36.9 Å². The molecule has 0 spiro atoms. The molecule has 0 saturated heterocycles. The molecular formula is C15H20N4O. The number of nitrogens with zero attached hydrogens (tertiary/aromatic N) is 4. The Bertz CT molecular complexity index is 540. The first-order chi connectivity index (χ1) is 9.85. The van der Waals surface area contributed by atoms with E-state index in [1.54, 1.807) is 7.11 Å². The molecule has 0 unspecified atom stereocenters. The Balaban J connectivity index is 1.76. The topological polar surface area (TPSA) is 43.2 Å².